The number of aromatic nitrogens is 1. The minimum absolute atomic E-state index is 0.455. The lowest BCUT2D eigenvalue weighted by molar-refractivity contribution is 0.112. The summed E-state index contributed by atoms with van der Waals surface area (Å²) in [6, 6.07) is 3.52. The molecule has 0 radical (unpaired) electrons. The van der Waals surface area contributed by atoms with Crippen molar-refractivity contribution >= 4 is 17.9 Å². The van der Waals surface area contributed by atoms with E-state index in [1.165, 1.54) is 11.6 Å². The molecule has 3 nitrogen and oxygen atoms in total. The zero-order valence-electron chi connectivity index (χ0n) is 6.77. The molecule has 0 saturated carbocycles. The van der Waals surface area contributed by atoms with E-state index in [2.05, 4.69) is 0 Å². The molecular formula is C9H7ClN2O. The molecule has 0 spiro atoms. The number of nitriles is 1. The minimum Gasteiger partial charge on any atom is -0.335 e. The van der Waals surface area contributed by atoms with Gasteiger partial charge in [-0.05, 0) is 6.07 Å². The zero-order valence-corrected chi connectivity index (χ0v) is 7.53. The summed E-state index contributed by atoms with van der Waals surface area (Å²) in [6.45, 7) is 0.500. The van der Waals surface area contributed by atoms with E-state index >= 15 is 0 Å². The first-order chi connectivity index (χ1) is 6.31. The third-order valence-electron chi connectivity index (χ3n) is 1.56. The van der Waals surface area contributed by atoms with Gasteiger partial charge in [0.1, 0.15) is 11.8 Å². The molecule has 13 heavy (non-hydrogen) atoms. The molecule has 4 heteroatoms. The third-order valence-corrected chi connectivity index (χ3v) is 1.74. The predicted octanol–water partition coefficient (Wildman–Crippen LogP) is 1.92. The van der Waals surface area contributed by atoms with Crippen LogP contribution in [-0.4, -0.2) is 10.9 Å². The molecule has 0 aliphatic heterocycles. The summed E-state index contributed by atoms with van der Waals surface area (Å²) in [5.74, 6) is 0. The van der Waals surface area contributed by atoms with Crippen molar-refractivity contribution in [1.29, 1.82) is 5.26 Å². The molecule has 0 aliphatic carbocycles. The fourth-order valence-electron chi connectivity index (χ4n) is 0.993. The van der Waals surface area contributed by atoms with Gasteiger partial charge in [-0.3, -0.25) is 4.79 Å². The van der Waals surface area contributed by atoms with Crippen LogP contribution in [0.25, 0.3) is 0 Å². The summed E-state index contributed by atoms with van der Waals surface area (Å²) in [5, 5.41) is 8.68. The molecule has 1 rings (SSSR count). The summed E-state index contributed by atoms with van der Waals surface area (Å²) >= 11 is 5.34. The fourth-order valence-corrected chi connectivity index (χ4v) is 1.07. The summed E-state index contributed by atoms with van der Waals surface area (Å²) in [6.07, 6.45) is 4.02. The van der Waals surface area contributed by atoms with E-state index < -0.39 is 0 Å². The van der Waals surface area contributed by atoms with E-state index in [0.29, 0.717) is 24.1 Å². The largest absolute Gasteiger partial charge is 0.335 e. The van der Waals surface area contributed by atoms with E-state index in [1.54, 1.807) is 16.8 Å². The van der Waals surface area contributed by atoms with Crippen molar-refractivity contribution in [3.8, 4) is 6.07 Å². The van der Waals surface area contributed by atoms with Crippen LogP contribution in [0.2, 0.25) is 0 Å². The molecule has 1 aromatic heterocycles. The number of hydrogen-bond acceptors (Lipinski definition) is 2. The first-order valence-electron chi connectivity index (χ1n) is 3.62. The molecule has 0 N–H and O–H groups in total. The van der Waals surface area contributed by atoms with E-state index in [4.69, 9.17) is 16.9 Å². The van der Waals surface area contributed by atoms with E-state index in [-0.39, 0.29) is 0 Å². The molecule has 0 aliphatic rings. The van der Waals surface area contributed by atoms with Gasteiger partial charge in [0.15, 0.2) is 6.29 Å². The van der Waals surface area contributed by atoms with Crippen LogP contribution in [0.4, 0.5) is 0 Å². The van der Waals surface area contributed by atoms with E-state index in [0.717, 1.165) is 0 Å². The molecule has 0 bridgehead atoms. The fraction of sp³-hybridized carbons (Fsp3) is 0.111. The summed E-state index contributed by atoms with van der Waals surface area (Å²) in [4.78, 5) is 10.4. The second-order valence-corrected chi connectivity index (χ2v) is 2.65. The molecule has 0 aromatic carbocycles. The lowest BCUT2D eigenvalue weighted by Crippen LogP contribution is -1.95. The molecule has 1 aromatic rings. The minimum atomic E-state index is 0.455. The maximum atomic E-state index is 10.4. The number of halogens is 1. The highest BCUT2D eigenvalue weighted by Crippen LogP contribution is 2.06. The number of carbonyl (C=O) groups is 1. The van der Waals surface area contributed by atoms with Crippen molar-refractivity contribution in [2.75, 3.05) is 0 Å². The lowest BCUT2D eigenvalue weighted by Gasteiger charge is -1.97. The average Bonchev–Trinajstić information content (AvgIpc) is 2.57. The Morgan fingerprint density at radius 1 is 1.69 bits per heavy atom. The second kappa shape index (κ2) is 4.48. The number of aldehydes is 1. The maximum absolute atomic E-state index is 10.4. The van der Waals surface area contributed by atoms with Crippen LogP contribution in [-0.2, 0) is 6.54 Å². The SMILES string of the molecule is N#Cc1cc(C=O)cn1C/C=C/Cl. The number of rotatable bonds is 3. The number of nitrogens with zero attached hydrogens (tertiary/aromatic N) is 2. The Morgan fingerprint density at radius 3 is 3.00 bits per heavy atom. The first kappa shape index (κ1) is 9.56. The Morgan fingerprint density at radius 2 is 2.46 bits per heavy atom. The van der Waals surface area contributed by atoms with Gasteiger partial charge in [-0.15, -0.1) is 0 Å². The monoisotopic (exact) mass is 194 g/mol. The second-order valence-electron chi connectivity index (χ2n) is 2.40. The average molecular weight is 195 g/mol. The standard InChI is InChI=1S/C9H7ClN2O/c10-2-1-3-12-6-8(7-13)4-9(12)5-11/h1-2,4,6-7H,3H2/b2-1+. The smallest absolute Gasteiger partial charge is 0.151 e. The number of hydrogen-bond donors (Lipinski definition) is 0. The molecule has 0 amide bonds. The summed E-state index contributed by atoms with van der Waals surface area (Å²) < 4.78 is 1.66. The highest BCUT2D eigenvalue weighted by Gasteiger charge is 2.02. The molecule has 0 fully saturated rings. The van der Waals surface area contributed by atoms with Crippen LogP contribution >= 0.6 is 11.6 Å². The van der Waals surface area contributed by atoms with Gasteiger partial charge in [-0.25, -0.2) is 0 Å². The van der Waals surface area contributed by atoms with Crippen LogP contribution in [0.1, 0.15) is 16.1 Å². The topological polar surface area (TPSA) is 45.8 Å². The molecule has 0 unspecified atom stereocenters. The Kier molecular flexibility index (Phi) is 3.30. The van der Waals surface area contributed by atoms with Crippen LogP contribution < -0.4 is 0 Å². The molecule has 1 heterocycles. The van der Waals surface area contributed by atoms with Gasteiger partial charge >= 0.3 is 0 Å². The highest BCUT2D eigenvalue weighted by molar-refractivity contribution is 6.25. The highest BCUT2D eigenvalue weighted by atomic mass is 35.5. The predicted molar refractivity (Wildman–Crippen MR) is 49.5 cm³/mol. The molecule has 66 valence electrons. The number of allylic oxidation sites excluding steroid dienone is 1. The van der Waals surface area contributed by atoms with Crippen molar-refractivity contribution in [2.24, 2.45) is 0 Å². The summed E-state index contributed by atoms with van der Waals surface area (Å²) in [7, 11) is 0. The van der Waals surface area contributed by atoms with Crippen molar-refractivity contribution in [3.63, 3.8) is 0 Å². The van der Waals surface area contributed by atoms with Crippen LogP contribution in [0.5, 0.6) is 0 Å². The molecule has 0 saturated heterocycles. The van der Waals surface area contributed by atoms with Crippen molar-refractivity contribution in [3.05, 3.63) is 35.1 Å². The third kappa shape index (κ3) is 2.20. The van der Waals surface area contributed by atoms with Crippen molar-refractivity contribution in [1.82, 2.24) is 4.57 Å². The Labute approximate surface area is 80.8 Å². The van der Waals surface area contributed by atoms with Crippen LogP contribution in [0.3, 0.4) is 0 Å². The maximum Gasteiger partial charge on any atom is 0.151 e. The Bertz CT molecular complexity index is 373. The van der Waals surface area contributed by atoms with Gasteiger partial charge in [0.2, 0.25) is 0 Å². The Hall–Kier alpha value is -1.53. The lowest BCUT2D eigenvalue weighted by atomic mass is 10.3. The normalized spacial score (nSPS) is 10.2. The van der Waals surface area contributed by atoms with Gasteiger partial charge in [0, 0.05) is 23.8 Å². The Balaban J connectivity index is 2.98. The molecule has 0 atom stereocenters. The molecular weight excluding hydrogens is 188 g/mol. The van der Waals surface area contributed by atoms with Gasteiger partial charge < -0.3 is 4.57 Å². The summed E-state index contributed by atoms with van der Waals surface area (Å²) in [5.41, 5.74) is 2.33. The van der Waals surface area contributed by atoms with Gasteiger partial charge in [0.25, 0.3) is 0 Å². The van der Waals surface area contributed by atoms with Gasteiger partial charge in [-0.2, -0.15) is 5.26 Å². The van der Waals surface area contributed by atoms with E-state index in [9.17, 15) is 4.79 Å². The van der Waals surface area contributed by atoms with Crippen molar-refractivity contribution < 1.29 is 4.79 Å². The van der Waals surface area contributed by atoms with Crippen molar-refractivity contribution in [2.45, 2.75) is 6.54 Å². The van der Waals surface area contributed by atoms with Gasteiger partial charge in [-0.1, -0.05) is 17.7 Å². The number of carbonyl (C=O) groups excluding carboxylic acids is 1. The van der Waals surface area contributed by atoms with Crippen LogP contribution in [0, 0.1) is 11.3 Å². The quantitative estimate of drug-likeness (QED) is 0.691. The first-order valence-corrected chi connectivity index (χ1v) is 4.06. The van der Waals surface area contributed by atoms with E-state index in [1.807, 2.05) is 6.07 Å². The van der Waals surface area contributed by atoms with Crippen LogP contribution in [0.15, 0.2) is 23.9 Å². The zero-order chi connectivity index (χ0) is 9.68. The van der Waals surface area contributed by atoms with Gasteiger partial charge in [0.05, 0.1) is 0 Å².